The average Bonchev–Trinajstić information content (AvgIpc) is 2.77. The van der Waals surface area contributed by atoms with Crippen molar-refractivity contribution in [3.8, 4) is 0 Å². The van der Waals surface area contributed by atoms with Crippen molar-refractivity contribution in [3.05, 3.63) is 24.9 Å². The molecule has 2 unspecified atom stereocenters. The molecule has 12 heavy (non-hydrogen) atoms. The highest BCUT2D eigenvalue weighted by atomic mass is 16.5. The first-order chi connectivity index (χ1) is 5.88. The van der Waals surface area contributed by atoms with E-state index in [1.165, 1.54) is 12.5 Å². The van der Waals surface area contributed by atoms with Crippen LogP contribution in [-0.2, 0) is 14.3 Å². The van der Waals surface area contributed by atoms with Gasteiger partial charge in [0.15, 0.2) is 0 Å². The summed E-state index contributed by atoms with van der Waals surface area (Å²) in [7, 11) is 0. The van der Waals surface area contributed by atoms with Crippen molar-refractivity contribution in [1.82, 2.24) is 10.6 Å². The molecule has 0 saturated heterocycles. The second-order valence-electron chi connectivity index (χ2n) is 2.37. The number of nitrogens with one attached hydrogen (secondary N) is 2. The minimum atomic E-state index is -0.623. The lowest BCUT2D eigenvalue weighted by Crippen LogP contribution is -2.43. The molecule has 2 aliphatic rings. The summed E-state index contributed by atoms with van der Waals surface area (Å²) in [5.74, 6) is -0.176. The van der Waals surface area contributed by atoms with Gasteiger partial charge in [-0.1, -0.05) is 0 Å². The molecule has 0 fully saturated rings. The summed E-state index contributed by atoms with van der Waals surface area (Å²) in [5, 5.41) is 5.47. The van der Waals surface area contributed by atoms with Gasteiger partial charge in [0.2, 0.25) is 12.5 Å². The van der Waals surface area contributed by atoms with Crippen molar-refractivity contribution < 1.29 is 14.3 Å². The molecule has 0 saturated carbocycles. The largest absolute Gasteiger partial charge is 0.469 e. The maximum absolute atomic E-state index is 11.4. The smallest absolute Gasteiger partial charge is 0.254 e. The van der Waals surface area contributed by atoms with Crippen LogP contribution < -0.4 is 10.6 Å². The van der Waals surface area contributed by atoms with Crippen LogP contribution in [0.15, 0.2) is 24.9 Å². The highest BCUT2D eigenvalue weighted by Gasteiger charge is 2.30. The van der Waals surface area contributed by atoms with Crippen molar-refractivity contribution >= 4 is 5.78 Å². The molecule has 0 radical (unpaired) electrons. The van der Waals surface area contributed by atoms with Crippen LogP contribution in [0.2, 0.25) is 0 Å². The second kappa shape index (κ2) is 2.77. The average molecular weight is 168 g/mol. The van der Waals surface area contributed by atoms with Gasteiger partial charge in [-0.25, -0.2) is 0 Å². The van der Waals surface area contributed by atoms with Crippen molar-refractivity contribution in [2.75, 3.05) is 0 Å². The topological polar surface area (TPSA) is 59.6 Å². The third kappa shape index (κ3) is 1.09. The molecule has 2 heterocycles. The molecule has 0 aliphatic carbocycles. The summed E-state index contributed by atoms with van der Waals surface area (Å²) in [6.45, 7) is 0. The van der Waals surface area contributed by atoms with Gasteiger partial charge in [0.1, 0.15) is 12.5 Å². The third-order valence-corrected chi connectivity index (χ3v) is 1.58. The van der Waals surface area contributed by atoms with E-state index in [9.17, 15) is 4.79 Å². The lowest BCUT2D eigenvalue weighted by Gasteiger charge is -2.14. The Morgan fingerprint density at radius 1 is 1.08 bits per heavy atom. The number of Topliss-reactive ketones (excluding diaryl/α,β-unsaturated/α-hetero) is 1. The van der Waals surface area contributed by atoms with E-state index in [4.69, 9.17) is 9.47 Å². The van der Waals surface area contributed by atoms with Crippen LogP contribution in [0.5, 0.6) is 0 Å². The van der Waals surface area contributed by atoms with Crippen molar-refractivity contribution in [2.24, 2.45) is 0 Å². The van der Waals surface area contributed by atoms with Gasteiger partial charge in [0, 0.05) is 12.4 Å². The summed E-state index contributed by atoms with van der Waals surface area (Å²) < 4.78 is 9.88. The number of carbonyl (C=O) groups is 1. The lowest BCUT2D eigenvalue weighted by molar-refractivity contribution is -0.136. The summed E-state index contributed by atoms with van der Waals surface area (Å²) in [5.41, 5.74) is 0. The molecule has 64 valence electrons. The maximum Gasteiger partial charge on any atom is 0.254 e. The number of rotatable bonds is 2. The van der Waals surface area contributed by atoms with E-state index in [1.807, 2.05) is 0 Å². The highest BCUT2D eigenvalue weighted by Crippen LogP contribution is 2.05. The lowest BCUT2D eigenvalue weighted by atomic mass is 10.3. The highest BCUT2D eigenvalue weighted by molar-refractivity contribution is 5.87. The Labute approximate surface area is 69.0 Å². The second-order valence-corrected chi connectivity index (χ2v) is 2.37. The van der Waals surface area contributed by atoms with Gasteiger partial charge >= 0.3 is 0 Å². The molecular weight excluding hydrogens is 160 g/mol. The Bertz CT molecular complexity index is 209. The summed E-state index contributed by atoms with van der Waals surface area (Å²) in [6, 6.07) is 0. The van der Waals surface area contributed by atoms with Gasteiger partial charge in [-0.3, -0.25) is 4.79 Å². The summed E-state index contributed by atoms with van der Waals surface area (Å²) >= 11 is 0. The maximum atomic E-state index is 11.4. The monoisotopic (exact) mass is 168 g/mol. The number of hydrogen-bond donors (Lipinski definition) is 2. The van der Waals surface area contributed by atoms with Gasteiger partial charge in [-0.15, -0.1) is 0 Å². The number of carbonyl (C=O) groups excluding carboxylic acids is 1. The molecule has 2 atom stereocenters. The normalized spacial score (nSPS) is 30.3. The minimum Gasteiger partial charge on any atom is -0.469 e. The van der Waals surface area contributed by atoms with E-state index in [-0.39, 0.29) is 5.78 Å². The predicted molar refractivity (Wildman–Crippen MR) is 39.3 cm³/mol. The molecule has 0 amide bonds. The van der Waals surface area contributed by atoms with E-state index in [0.29, 0.717) is 0 Å². The molecule has 0 aromatic carbocycles. The van der Waals surface area contributed by atoms with E-state index in [0.717, 1.165) is 0 Å². The molecule has 0 spiro atoms. The van der Waals surface area contributed by atoms with E-state index in [2.05, 4.69) is 10.6 Å². The Balaban J connectivity index is 1.91. The molecule has 0 bridgehead atoms. The minimum absolute atomic E-state index is 0.176. The van der Waals surface area contributed by atoms with Gasteiger partial charge in [-0.05, 0) is 0 Å². The van der Waals surface area contributed by atoms with E-state index >= 15 is 0 Å². The number of ketones is 1. The summed E-state index contributed by atoms with van der Waals surface area (Å²) in [4.78, 5) is 11.4. The van der Waals surface area contributed by atoms with Crippen LogP contribution >= 0.6 is 0 Å². The van der Waals surface area contributed by atoms with Crippen molar-refractivity contribution in [3.63, 3.8) is 0 Å². The Morgan fingerprint density at radius 3 is 1.92 bits per heavy atom. The fourth-order valence-corrected chi connectivity index (χ4v) is 1.00. The van der Waals surface area contributed by atoms with E-state index < -0.39 is 12.5 Å². The van der Waals surface area contributed by atoms with Crippen molar-refractivity contribution in [1.29, 1.82) is 0 Å². The fraction of sp³-hybridized carbons (Fsp3) is 0.286. The predicted octanol–water partition coefficient (Wildman–Crippen LogP) is -0.610. The number of hydrogen-bond acceptors (Lipinski definition) is 5. The molecule has 2 N–H and O–H groups in total. The van der Waals surface area contributed by atoms with Crippen LogP contribution in [0.3, 0.4) is 0 Å². The fourth-order valence-electron chi connectivity index (χ4n) is 1.00. The first-order valence-electron chi connectivity index (χ1n) is 3.55. The first kappa shape index (κ1) is 7.02. The molecule has 0 aromatic rings. The SMILES string of the molecule is O=C(C1NC=CO1)C1NC=CO1. The zero-order chi connectivity index (χ0) is 8.39. The van der Waals surface area contributed by atoms with Crippen LogP contribution in [0.25, 0.3) is 0 Å². The van der Waals surface area contributed by atoms with Crippen LogP contribution in [0, 0.1) is 0 Å². The Kier molecular flexibility index (Phi) is 1.62. The Morgan fingerprint density at radius 2 is 1.58 bits per heavy atom. The quantitative estimate of drug-likeness (QED) is 0.576. The van der Waals surface area contributed by atoms with Crippen LogP contribution in [0.1, 0.15) is 0 Å². The van der Waals surface area contributed by atoms with Crippen LogP contribution in [0.4, 0.5) is 0 Å². The molecule has 5 nitrogen and oxygen atoms in total. The number of ether oxygens (including phenoxy) is 2. The first-order valence-corrected chi connectivity index (χ1v) is 3.55. The van der Waals surface area contributed by atoms with Crippen molar-refractivity contribution in [2.45, 2.75) is 12.5 Å². The molecule has 0 aromatic heterocycles. The molecular formula is C7H8N2O3. The van der Waals surface area contributed by atoms with Crippen LogP contribution in [-0.4, -0.2) is 18.2 Å². The molecule has 2 aliphatic heterocycles. The molecule has 2 rings (SSSR count). The standard InChI is InChI=1S/C7H8N2O3/c10-5(6-8-1-3-11-6)7-9-2-4-12-7/h1-4,6-9H. The third-order valence-electron chi connectivity index (χ3n) is 1.58. The zero-order valence-electron chi connectivity index (χ0n) is 6.19. The van der Waals surface area contributed by atoms with Gasteiger partial charge in [0.05, 0.1) is 0 Å². The van der Waals surface area contributed by atoms with Gasteiger partial charge < -0.3 is 20.1 Å². The summed E-state index contributed by atoms with van der Waals surface area (Å²) in [6.07, 6.45) is 4.77. The van der Waals surface area contributed by atoms with E-state index in [1.54, 1.807) is 12.4 Å². The Hall–Kier alpha value is -1.65. The zero-order valence-corrected chi connectivity index (χ0v) is 6.19. The molecule has 5 heteroatoms. The van der Waals surface area contributed by atoms with Gasteiger partial charge in [0.25, 0.3) is 5.78 Å². The van der Waals surface area contributed by atoms with Gasteiger partial charge in [-0.2, -0.15) is 0 Å².